The summed E-state index contributed by atoms with van der Waals surface area (Å²) in [7, 11) is 0. The maximum atomic E-state index is 12.7. The van der Waals surface area contributed by atoms with Crippen molar-refractivity contribution in [2.45, 2.75) is 17.1 Å². The summed E-state index contributed by atoms with van der Waals surface area (Å²) in [6.07, 6.45) is 0. The summed E-state index contributed by atoms with van der Waals surface area (Å²) in [5, 5.41) is 3.06. The topological polar surface area (TPSA) is 55.4 Å². The molecule has 0 spiro atoms. The second-order valence-electron chi connectivity index (χ2n) is 5.31. The molecular formula is C18H16ClNO3S. The SMILES string of the molecule is CCOC(=O)C1C(=O)Nc2ccccc2SC1c1ccc(Cl)cc1. The summed E-state index contributed by atoms with van der Waals surface area (Å²) in [5.74, 6) is -1.80. The summed E-state index contributed by atoms with van der Waals surface area (Å²) in [5.41, 5.74) is 1.56. The maximum absolute atomic E-state index is 12.7. The van der Waals surface area contributed by atoms with Gasteiger partial charge in [0.25, 0.3) is 0 Å². The van der Waals surface area contributed by atoms with Crippen molar-refractivity contribution in [3.63, 3.8) is 0 Å². The first-order valence-corrected chi connectivity index (χ1v) is 8.84. The van der Waals surface area contributed by atoms with Crippen LogP contribution < -0.4 is 5.32 Å². The van der Waals surface area contributed by atoms with Crippen LogP contribution in [0.2, 0.25) is 5.02 Å². The van der Waals surface area contributed by atoms with Gasteiger partial charge in [-0.1, -0.05) is 35.9 Å². The van der Waals surface area contributed by atoms with Gasteiger partial charge in [-0.3, -0.25) is 9.59 Å². The normalized spacial score (nSPS) is 19.8. The number of hydrogen-bond donors (Lipinski definition) is 1. The van der Waals surface area contributed by atoms with Crippen molar-refractivity contribution in [1.82, 2.24) is 0 Å². The van der Waals surface area contributed by atoms with Gasteiger partial charge in [-0.05, 0) is 36.8 Å². The molecule has 2 unspecified atom stereocenters. The van der Waals surface area contributed by atoms with Crippen LogP contribution in [-0.2, 0) is 14.3 Å². The number of halogens is 1. The van der Waals surface area contributed by atoms with Gasteiger partial charge >= 0.3 is 5.97 Å². The molecule has 3 rings (SSSR count). The minimum atomic E-state index is -0.927. The molecular weight excluding hydrogens is 346 g/mol. The first-order valence-electron chi connectivity index (χ1n) is 7.59. The van der Waals surface area contributed by atoms with Crippen molar-refractivity contribution < 1.29 is 14.3 Å². The van der Waals surface area contributed by atoms with Gasteiger partial charge in [-0.25, -0.2) is 0 Å². The standard InChI is InChI=1S/C18H16ClNO3S/c1-2-23-18(22)15-16(11-7-9-12(19)10-8-11)24-14-6-4-3-5-13(14)20-17(15)21/h3-10,15-16H,2H2,1H3,(H,20,21). The number of carbonyl (C=O) groups is 2. The highest BCUT2D eigenvalue weighted by atomic mass is 35.5. The Morgan fingerprint density at radius 2 is 1.92 bits per heavy atom. The van der Waals surface area contributed by atoms with E-state index in [9.17, 15) is 9.59 Å². The average molecular weight is 362 g/mol. The lowest BCUT2D eigenvalue weighted by Gasteiger charge is -2.22. The summed E-state index contributed by atoms with van der Waals surface area (Å²) in [4.78, 5) is 26.0. The van der Waals surface area contributed by atoms with Crippen LogP contribution in [0.4, 0.5) is 5.69 Å². The Kier molecular flexibility index (Phi) is 5.11. The second kappa shape index (κ2) is 7.28. The Labute approximate surface area is 149 Å². The molecule has 1 heterocycles. The fourth-order valence-corrected chi connectivity index (χ4v) is 4.07. The molecule has 1 aliphatic rings. The first-order chi connectivity index (χ1) is 11.6. The average Bonchev–Trinajstić information content (AvgIpc) is 2.71. The van der Waals surface area contributed by atoms with Crippen LogP contribution in [0.25, 0.3) is 0 Å². The van der Waals surface area contributed by atoms with Gasteiger partial charge in [0.2, 0.25) is 5.91 Å². The van der Waals surface area contributed by atoms with E-state index in [1.54, 1.807) is 19.1 Å². The molecule has 2 aromatic carbocycles. The van der Waals surface area contributed by atoms with E-state index >= 15 is 0 Å². The van der Waals surface area contributed by atoms with E-state index < -0.39 is 11.9 Å². The molecule has 0 saturated heterocycles. The number of benzene rings is 2. The predicted octanol–water partition coefficient (Wildman–Crippen LogP) is 4.30. The van der Waals surface area contributed by atoms with E-state index in [0.29, 0.717) is 10.7 Å². The predicted molar refractivity (Wildman–Crippen MR) is 95.2 cm³/mol. The number of anilines is 1. The third kappa shape index (κ3) is 3.42. The quantitative estimate of drug-likeness (QED) is 0.654. The molecule has 0 aromatic heterocycles. The number of rotatable bonds is 3. The molecule has 2 aromatic rings. The lowest BCUT2D eigenvalue weighted by molar-refractivity contribution is -0.150. The molecule has 1 N–H and O–H groups in total. The van der Waals surface area contributed by atoms with Crippen molar-refractivity contribution in [3.8, 4) is 0 Å². The molecule has 4 nitrogen and oxygen atoms in total. The summed E-state index contributed by atoms with van der Waals surface area (Å²) in [6.45, 7) is 1.96. The number of hydrogen-bond acceptors (Lipinski definition) is 4. The van der Waals surface area contributed by atoms with E-state index in [4.69, 9.17) is 16.3 Å². The fraction of sp³-hybridized carbons (Fsp3) is 0.222. The third-order valence-corrected chi connectivity index (χ3v) is 5.38. The minimum absolute atomic E-state index is 0.230. The molecule has 24 heavy (non-hydrogen) atoms. The smallest absolute Gasteiger partial charge is 0.320 e. The molecule has 2 atom stereocenters. The highest BCUT2D eigenvalue weighted by Gasteiger charge is 2.40. The van der Waals surface area contributed by atoms with Crippen molar-refractivity contribution in [2.24, 2.45) is 5.92 Å². The van der Waals surface area contributed by atoms with Gasteiger partial charge in [0.05, 0.1) is 17.5 Å². The molecule has 1 aliphatic heterocycles. The van der Waals surface area contributed by atoms with Crippen LogP contribution in [0, 0.1) is 5.92 Å². The number of thioether (sulfide) groups is 1. The van der Waals surface area contributed by atoms with Gasteiger partial charge < -0.3 is 10.1 Å². The van der Waals surface area contributed by atoms with E-state index in [-0.39, 0.29) is 17.8 Å². The van der Waals surface area contributed by atoms with Crippen LogP contribution in [-0.4, -0.2) is 18.5 Å². The van der Waals surface area contributed by atoms with Crippen molar-refractivity contribution in [1.29, 1.82) is 0 Å². The number of esters is 1. The van der Waals surface area contributed by atoms with E-state index in [1.807, 2.05) is 36.4 Å². The van der Waals surface area contributed by atoms with E-state index in [0.717, 1.165) is 10.5 Å². The Hall–Kier alpha value is -1.98. The molecule has 6 heteroatoms. The lowest BCUT2D eigenvalue weighted by atomic mass is 9.97. The zero-order valence-electron chi connectivity index (χ0n) is 13.0. The number of carbonyl (C=O) groups excluding carboxylic acids is 2. The zero-order valence-corrected chi connectivity index (χ0v) is 14.6. The lowest BCUT2D eigenvalue weighted by Crippen LogP contribution is -2.33. The summed E-state index contributed by atoms with van der Waals surface area (Å²) >= 11 is 7.44. The monoisotopic (exact) mass is 361 g/mol. The number of para-hydroxylation sites is 1. The van der Waals surface area contributed by atoms with Gasteiger partial charge in [-0.2, -0.15) is 0 Å². The van der Waals surface area contributed by atoms with E-state index in [1.165, 1.54) is 11.8 Å². The number of amides is 1. The molecule has 0 radical (unpaired) electrons. The highest BCUT2D eigenvalue weighted by molar-refractivity contribution is 7.99. The van der Waals surface area contributed by atoms with Crippen LogP contribution in [0.3, 0.4) is 0 Å². The summed E-state index contributed by atoms with van der Waals surface area (Å²) in [6, 6.07) is 14.7. The molecule has 0 saturated carbocycles. The Balaban J connectivity index is 2.06. The second-order valence-corrected chi connectivity index (χ2v) is 6.92. The number of fused-ring (bicyclic) bond motifs is 1. The maximum Gasteiger partial charge on any atom is 0.320 e. The third-order valence-electron chi connectivity index (χ3n) is 3.72. The number of nitrogens with one attached hydrogen (secondary N) is 1. The zero-order chi connectivity index (χ0) is 17.1. The fourth-order valence-electron chi connectivity index (χ4n) is 2.60. The van der Waals surface area contributed by atoms with Crippen LogP contribution in [0.5, 0.6) is 0 Å². The van der Waals surface area contributed by atoms with E-state index in [2.05, 4.69) is 5.32 Å². The Bertz CT molecular complexity index is 763. The van der Waals surface area contributed by atoms with Gasteiger partial charge in [0.1, 0.15) is 0 Å². The highest BCUT2D eigenvalue weighted by Crippen LogP contribution is 2.46. The minimum Gasteiger partial charge on any atom is -0.465 e. The van der Waals surface area contributed by atoms with Crippen LogP contribution in [0.1, 0.15) is 17.7 Å². The Morgan fingerprint density at radius 1 is 1.21 bits per heavy atom. The largest absolute Gasteiger partial charge is 0.465 e. The summed E-state index contributed by atoms with van der Waals surface area (Å²) < 4.78 is 5.14. The first kappa shape index (κ1) is 16.9. The van der Waals surface area contributed by atoms with Crippen LogP contribution >= 0.6 is 23.4 Å². The molecule has 0 fully saturated rings. The molecule has 0 bridgehead atoms. The molecule has 124 valence electrons. The molecule has 0 aliphatic carbocycles. The van der Waals surface area contributed by atoms with Crippen molar-refractivity contribution in [2.75, 3.05) is 11.9 Å². The van der Waals surface area contributed by atoms with Gasteiger partial charge in [0.15, 0.2) is 5.92 Å². The van der Waals surface area contributed by atoms with Gasteiger partial charge in [-0.15, -0.1) is 11.8 Å². The van der Waals surface area contributed by atoms with Gasteiger partial charge in [0, 0.05) is 9.92 Å². The van der Waals surface area contributed by atoms with Crippen molar-refractivity contribution >= 4 is 40.9 Å². The number of ether oxygens (including phenoxy) is 1. The van der Waals surface area contributed by atoms with Crippen molar-refractivity contribution in [3.05, 3.63) is 59.1 Å². The molecule has 1 amide bonds. The van der Waals surface area contributed by atoms with Crippen LogP contribution in [0.15, 0.2) is 53.4 Å². The Morgan fingerprint density at radius 3 is 2.62 bits per heavy atom.